The van der Waals surface area contributed by atoms with Crippen LogP contribution in [-0.2, 0) is 11.2 Å². The lowest BCUT2D eigenvalue weighted by atomic mass is 10.1. The zero-order valence-electron chi connectivity index (χ0n) is 14.8. The lowest BCUT2D eigenvalue weighted by Crippen LogP contribution is -2.18. The second-order valence-corrected chi connectivity index (χ2v) is 7.47. The first kappa shape index (κ1) is 17.7. The van der Waals surface area contributed by atoms with Crippen LogP contribution in [0, 0.1) is 5.82 Å². The van der Waals surface area contributed by atoms with E-state index in [1.807, 2.05) is 30.5 Å². The van der Waals surface area contributed by atoms with Gasteiger partial charge in [-0.3, -0.25) is 10.1 Å². The molecule has 4 aromatic rings. The van der Waals surface area contributed by atoms with Crippen LogP contribution in [0.25, 0.3) is 22.1 Å². The van der Waals surface area contributed by atoms with Crippen molar-refractivity contribution in [3.05, 3.63) is 52.5 Å². The molecule has 0 spiro atoms. The maximum Gasteiger partial charge on any atom is 0.231 e. The van der Waals surface area contributed by atoms with Crippen molar-refractivity contribution in [3.8, 4) is 0 Å². The van der Waals surface area contributed by atoms with Crippen LogP contribution in [0.4, 0.5) is 10.3 Å². The maximum absolute atomic E-state index is 13.6. The summed E-state index contributed by atoms with van der Waals surface area (Å²) in [5.74, 6) is -0.124. The zero-order valence-corrected chi connectivity index (χ0v) is 16.3. The number of H-pyrrole nitrogens is 1. The fraction of sp³-hybridized carbons (Fsp3) is 0.211. The summed E-state index contributed by atoms with van der Waals surface area (Å²) in [5.41, 5.74) is 3.82. The number of carbonyl (C=O) groups excluding carboxylic acids is 1. The lowest BCUT2D eigenvalue weighted by molar-refractivity contribution is -0.115. The number of aromatic nitrogens is 4. The molecule has 27 heavy (non-hydrogen) atoms. The van der Waals surface area contributed by atoms with E-state index in [1.54, 1.807) is 12.4 Å². The fourth-order valence-corrected chi connectivity index (χ4v) is 3.63. The minimum Gasteiger partial charge on any atom is -0.345 e. The number of benzene rings is 2. The molecule has 0 saturated carbocycles. The van der Waals surface area contributed by atoms with E-state index < -0.39 is 0 Å². The molecule has 138 valence electrons. The first-order valence-electron chi connectivity index (χ1n) is 8.51. The number of rotatable bonds is 4. The van der Waals surface area contributed by atoms with Crippen LogP contribution in [-0.4, -0.2) is 25.4 Å². The third-order valence-corrected chi connectivity index (χ3v) is 5.10. The highest BCUT2D eigenvalue weighted by atomic mass is 79.9. The smallest absolute Gasteiger partial charge is 0.231 e. The summed E-state index contributed by atoms with van der Waals surface area (Å²) in [6.07, 6.45) is 1.79. The quantitative estimate of drug-likeness (QED) is 0.498. The molecule has 8 heteroatoms. The molecule has 2 heterocycles. The van der Waals surface area contributed by atoms with Gasteiger partial charge in [0.1, 0.15) is 5.82 Å². The van der Waals surface area contributed by atoms with Crippen molar-refractivity contribution in [1.82, 2.24) is 19.5 Å². The minimum atomic E-state index is -0.334. The van der Waals surface area contributed by atoms with Gasteiger partial charge >= 0.3 is 0 Å². The van der Waals surface area contributed by atoms with E-state index in [0.29, 0.717) is 17.0 Å². The molecule has 0 bridgehead atoms. The van der Waals surface area contributed by atoms with E-state index in [2.05, 4.69) is 36.2 Å². The number of halogens is 2. The van der Waals surface area contributed by atoms with Crippen LogP contribution in [0.1, 0.15) is 25.5 Å². The molecular formula is C19H17BrFN5O. The number of amides is 1. The molecule has 0 atom stereocenters. The Balaban J connectivity index is 1.64. The summed E-state index contributed by atoms with van der Waals surface area (Å²) in [4.78, 5) is 24.3. The summed E-state index contributed by atoms with van der Waals surface area (Å²) in [5, 5.41) is 2.86. The van der Waals surface area contributed by atoms with Gasteiger partial charge in [-0.1, -0.05) is 15.9 Å². The second-order valence-electron chi connectivity index (χ2n) is 6.62. The fourth-order valence-electron chi connectivity index (χ4n) is 3.16. The first-order chi connectivity index (χ1) is 12.9. The molecule has 1 amide bonds. The molecular weight excluding hydrogens is 413 g/mol. The summed E-state index contributed by atoms with van der Waals surface area (Å²) in [6, 6.07) is 8.19. The molecule has 4 rings (SSSR count). The number of aromatic amines is 1. The van der Waals surface area contributed by atoms with E-state index >= 15 is 0 Å². The molecule has 2 aromatic carbocycles. The predicted molar refractivity (Wildman–Crippen MR) is 106 cm³/mol. The predicted octanol–water partition coefficient (Wildman–Crippen LogP) is 4.58. The Morgan fingerprint density at radius 2 is 2.11 bits per heavy atom. The monoisotopic (exact) mass is 429 g/mol. The van der Waals surface area contributed by atoms with E-state index in [1.165, 1.54) is 12.1 Å². The van der Waals surface area contributed by atoms with Gasteiger partial charge in [-0.25, -0.2) is 14.4 Å². The molecule has 0 aliphatic heterocycles. The number of imidazole rings is 2. The van der Waals surface area contributed by atoms with E-state index in [0.717, 1.165) is 21.1 Å². The topological polar surface area (TPSA) is 75.6 Å². The number of fused-ring (bicyclic) bond motifs is 2. The SMILES string of the molecule is CC(C)n1c(NC(=O)Cc2cc3[nH]cnc3cc2Br)nc2ccc(F)cc21. The normalized spacial score (nSPS) is 11.6. The summed E-state index contributed by atoms with van der Waals surface area (Å²) < 4.78 is 16.3. The van der Waals surface area contributed by atoms with Gasteiger partial charge in [0.2, 0.25) is 11.9 Å². The lowest BCUT2D eigenvalue weighted by Gasteiger charge is -2.13. The highest BCUT2D eigenvalue weighted by Crippen LogP contribution is 2.26. The molecule has 2 aromatic heterocycles. The van der Waals surface area contributed by atoms with E-state index in [9.17, 15) is 9.18 Å². The van der Waals surface area contributed by atoms with Crippen molar-refractivity contribution < 1.29 is 9.18 Å². The second kappa shape index (κ2) is 6.77. The number of hydrogen-bond donors (Lipinski definition) is 2. The van der Waals surface area contributed by atoms with Crippen LogP contribution in [0.3, 0.4) is 0 Å². The third-order valence-electron chi connectivity index (χ3n) is 4.36. The number of nitrogens with zero attached hydrogens (tertiary/aromatic N) is 3. The highest BCUT2D eigenvalue weighted by molar-refractivity contribution is 9.10. The van der Waals surface area contributed by atoms with Gasteiger partial charge in [0.15, 0.2) is 0 Å². The molecule has 2 N–H and O–H groups in total. The molecule has 0 aliphatic rings. The Hall–Kier alpha value is -2.74. The zero-order chi connectivity index (χ0) is 19.1. The Morgan fingerprint density at radius 3 is 2.89 bits per heavy atom. The van der Waals surface area contributed by atoms with Crippen LogP contribution in [0.2, 0.25) is 0 Å². The minimum absolute atomic E-state index is 0.0141. The third kappa shape index (κ3) is 3.32. The molecule has 0 aliphatic carbocycles. The van der Waals surface area contributed by atoms with Gasteiger partial charge in [0.25, 0.3) is 0 Å². The van der Waals surface area contributed by atoms with Crippen molar-refractivity contribution in [3.63, 3.8) is 0 Å². The summed E-state index contributed by atoms with van der Waals surface area (Å²) >= 11 is 3.49. The van der Waals surface area contributed by atoms with Crippen molar-refractivity contribution in [2.45, 2.75) is 26.3 Å². The van der Waals surface area contributed by atoms with Gasteiger partial charge in [0.05, 0.1) is 34.8 Å². The average molecular weight is 430 g/mol. The number of nitrogens with one attached hydrogen (secondary N) is 2. The van der Waals surface area contributed by atoms with Crippen LogP contribution in [0.15, 0.2) is 41.1 Å². The molecule has 0 unspecified atom stereocenters. The number of anilines is 1. The molecule has 0 radical (unpaired) electrons. The van der Waals surface area contributed by atoms with Gasteiger partial charge in [0, 0.05) is 10.5 Å². The number of hydrogen-bond acceptors (Lipinski definition) is 3. The molecule has 6 nitrogen and oxygen atoms in total. The van der Waals surface area contributed by atoms with Crippen LogP contribution >= 0.6 is 15.9 Å². The Kier molecular flexibility index (Phi) is 4.43. The highest BCUT2D eigenvalue weighted by Gasteiger charge is 2.17. The Labute approximate surface area is 162 Å². The van der Waals surface area contributed by atoms with Gasteiger partial charge in [-0.05, 0) is 49.7 Å². The Morgan fingerprint density at radius 1 is 1.30 bits per heavy atom. The summed E-state index contributed by atoms with van der Waals surface area (Å²) in [7, 11) is 0. The van der Waals surface area contributed by atoms with Crippen molar-refractivity contribution in [2.75, 3.05) is 5.32 Å². The van der Waals surface area contributed by atoms with Crippen LogP contribution in [0.5, 0.6) is 0 Å². The average Bonchev–Trinajstić information content (AvgIpc) is 3.18. The maximum atomic E-state index is 13.6. The van der Waals surface area contributed by atoms with E-state index in [4.69, 9.17) is 0 Å². The van der Waals surface area contributed by atoms with Crippen molar-refractivity contribution >= 4 is 49.9 Å². The molecule has 0 saturated heterocycles. The van der Waals surface area contributed by atoms with Gasteiger partial charge in [-0.15, -0.1) is 0 Å². The molecule has 0 fully saturated rings. The standard InChI is InChI=1S/C19H17BrFN5O/c1-10(2)26-17-7-12(21)3-4-14(17)24-19(26)25-18(27)6-11-5-15-16(8-13(11)20)23-9-22-15/h3-5,7-10H,6H2,1-2H3,(H,22,23)(H,24,25,27). The summed E-state index contributed by atoms with van der Waals surface area (Å²) in [6.45, 7) is 3.93. The van der Waals surface area contributed by atoms with Crippen LogP contribution < -0.4 is 5.32 Å². The first-order valence-corrected chi connectivity index (χ1v) is 9.30. The van der Waals surface area contributed by atoms with Gasteiger partial charge < -0.3 is 9.55 Å². The largest absolute Gasteiger partial charge is 0.345 e. The van der Waals surface area contributed by atoms with Crippen molar-refractivity contribution in [1.29, 1.82) is 0 Å². The van der Waals surface area contributed by atoms with E-state index in [-0.39, 0.29) is 24.2 Å². The van der Waals surface area contributed by atoms with Gasteiger partial charge in [-0.2, -0.15) is 0 Å². The Bertz CT molecular complexity index is 1160. The number of carbonyl (C=O) groups is 1. The van der Waals surface area contributed by atoms with Crippen molar-refractivity contribution in [2.24, 2.45) is 0 Å².